The first kappa shape index (κ1) is 14.5. The van der Waals surface area contributed by atoms with Crippen molar-refractivity contribution in [2.45, 2.75) is 6.92 Å². The Morgan fingerprint density at radius 1 is 1.30 bits per heavy atom. The molecule has 0 aliphatic heterocycles. The number of nitrogens with zero attached hydrogens (tertiary/aromatic N) is 2. The number of H-pyrrole nitrogens is 1. The molecule has 0 aliphatic rings. The topological polar surface area (TPSA) is 127 Å². The lowest BCUT2D eigenvalue weighted by atomic mass is 10.1. The summed E-state index contributed by atoms with van der Waals surface area (Å²) in [5.74, 6) is -0.644. The van der Waals surface area contributed by atoms with Gasteiger partial charge in [-0.2, -0.15) is 5.10 Å². The standard InChI is InChI=1S/C15H13N5O3/c1-8-2-4-12(13(6-8)20(22)23)17-9-3-5-11-10(7-9)14(15(16)21)19-18-11/h2-7,17H,1H3,(H2,16,21)(H,18,19). The van der Waals surface area contributed by atoms with E-state index in [0.29, 0.717) is 22.3 Å². The fourth-order valence-corrected chi connectivity index (χ4v) is 2.33. The second kappa shape index (κ2) is 5.41. The van der Waals surface area contributed by atoms with Crippen LogP contribution < -0.4 is 11.1 Å². The van der Waals surface area contributed by atoms with E-state index in [0.717, 1.165) is 5.56 Å². The SMILES string of the molecule is Cc1ccc(Nc2ccc3[nH]nc(C(N)=O)c3c2)c([N+](=O)[O-])c1. The van der Waals surface area contributed by atoms with Gasteiger partial charge in [0.1, 0.15) is 5.69 Å². The third kappa shape index (κ3) is 2.69. The van der Waals surface area contributed by atoms with Crippen LogP contribution in [0.15, 0.2) is 36.4 Å². The summed E-state index contributed by atoms with van der Waals surface area (Å²) in [7, 11) is 0. The second-order valence-electron chi connectivity index (χ2n) is 5.10. The highest BCUT2D eigenvalue weighted by molar-refractivity contribution is 6.04. The number of nitro benzene ring substituents is 1. The number of amides is 1. The van der Waals surface area contributed by atoms with Gasteiger partial charge in [0.2, 0.25) is 0 Å². The molecule has 0 radical (unpaired) electrons. The lowest BCUT2D eigenvalue weighted by Gasteiger charge is -2.08. The van der Waals surface area contributed by atoms with Crippen molar-refractivity contribution in [3.05, 3.63) is 57.8 Å². The van der Waals surface area contributed by atoms with Crippen LogP contribution in [0.4, 0.5) is 17.1 Å². The van der Waals surface area contributed by atoms with E-state index in [-0.39, 0.29) is 11.4 Å². The molecule has 0 aliphatic carbocycles. The lowest BCUT2D eigenvalue weighted by Crippen LogP contribution is -2.11. The summed E-state index contributed by atoms with van der Waals surface area (Å²) in [6, 6.07) is 10.0. The third-order valence-corrected chi connectivity index (χ3v) is 3.43. The Hall–Kier alpha value is -3.42. The zero-order valence-electron chi connectivity index (χ0n) is 12.2. The van der Waals surface area contributed by atoms with Gasteiger partial charge in [-0.3, -0.25) is 20.0 Å². The fourth-order valence-electron chi connectivity index (χ4n) is 2.33. The molecule has 0 saturated heterocycles. The number of fused-ring (bicyclic) bond motifs is 1. The van der Waals surface area contributed by atoms with E-state index >= 15 is 0 Å². The van der Waals surface area contributed by atoms with Crippen molar-refractivity contribution in [3.8, 4) is 0 Å². The minimum absolute atomic E-state index is 0.0209. The van der Waals surface area contributed by atoms with Crippen molar-refractivity contribution >= 4 is 33.9 Å². The van der Waals surface area contributed by atoms with E-state index in [4.69, 9.17) is 5.73 Å². The van der Waals surface area contributed by atoms with Gasteiger partial charge in [0, 0.05) is 17.1 Å². The van der Waals surface area contributed by atoms with Gasteiger partial charge in [0.25, 0.3) is 11.6 Å². The largest absolute Gasteiger partial charge is 0.364 e. The van der Waals surface area contributed by atoms with Crippen LogP contribution in [-0.4, -0.2) is 21.0 Å². The number of aromatic nitrogens is 2. The summed E-state index contributed by atoms with van der Waals surface area (Å²) in [5.41, 5.74) is 7.79. The van der Waals surface area contributed by atoms with E-state index in [2.05, 4.69) is 15.5 Å². The number of benzene rings is 2. The van der Waals surface area contributed by atoms with Crippen LogP contribution in [0, 0.1) is 17.0 Å². The molecule has 8 heteroatoms. The van der Waals surface area contributed by atoms with Gasteiger partial charge < -0.3 is 11.1 Å². The summed E-state index contributed by atoms with van der Waals surface area (Å²) in [6.07, 6.45) is 0. The Balaban J connectivity index is 2.03. The quantitative estimate of drug-likeness (QED) is 0.504. The number of aryl methyl sites for hydroxylation is 1. The van der Waals surface area contributed by atoms with Crippen LogP contribution in [-0.2, 0) is 0 Å². The summed E-state index contributed by atoms with van der Waals surface area (Å²) in [5, 5.41) is 21.3. The first-order valence-electron chi connectivity index (χ1n) is 6.75. The Bertz CT molecular complexity index is 932. The fraction of sp³-hybridized carbons (Fsp3) is 0.0667. The average Bonchev–Trinajstić information content (AvgIpc) is 2.92. The highest BCUT2D eigenvalue weighted by Crippen LogP contribution is 2.30. The van der Waals surface area contributed by atoms with E-state index < -0.39 is 10.8 Å². The molecular weight excluding hydrogens is 298 g/mol. The van der Waals surface area contributed by atoms with Crippen molar-refractivity contribution < 1.29 is 9.72 Å². The van der Waals surface area contributed by atoms with E-state index in [9.17, 15) is 14.9 Å². The van der Waals surface area contributed by atoms with Crippen LogP contribution in [0.25, 0.3) is 10.9 Å². The van der Waals surface area contributed by atoms with Crippen LogP contribution in [0.1, 0.15) is 16.1 Å². The lowest BCUT2D eigenvalue weighted by molar-refractivity contribution is -0.384. The molecule has 3 rings (SSSR count). The van der Waals surface area contributed by atoms with Crippen molar-refractivity contribution in [1.29, 1.82) is 0 Å². The first-order chi connectivity index (χ1) is 11.0. The molecule has 0 atom stereocenters. The minimum atomic E-state index is -0.644. The first-order valence-corrected chi connectivity index (χ1v) is 6.75. The number of carbonyl (C=O) groups is 1. The van der Waals surface area contributed by atoms with Gasteiger partial charge >= 0.3 is 0 Å². The van der Waals surface area contributed by atoms with Crippen molar-refractivity contribution in [2.24, 2.45) is 5.73 Å². The molecule has 0 spiro atoms. The van der Waals surface area contributed by atoms with Gasteiger partial charge in [0.05, 0.1) is 10.4 Å². The Kier molecular flexibility index (Phi) is 3.41. The van der Waals surface area contributed by atoms with Crippen LogP contribution in [0.2, 0.25) is 0 Å². The number of carbonyl (C=O) groups excluding carboxylic acids is 1. The van der Waals surface area contributed by atoms with Gasteiger partial charge in [-0.25, -0.2) is 0 Å². The number of aromatic amines is 1. The Morgan fingerprint density at radius 3 is 2.78 bits per heavy atom. The number of rotatable bonds is 4. The molecule has 2 aromatic carbocycles. The van der Waals surface area contributed by atoms with Crippen molar-refractivity contribution in [2.75, 3.05) is 5.32 Å². The predicted molar refractivity (Wildman–Crippen MR) is 85.7 cm³/mol. The van der Waals surface area contributed by atoms with E-state index in [1.165, 1.54) is 6.07 Å². The molecule has 23 heavy (non-hydrogen) atoms. The van der Waals surface area contributed by atoms with Gasteiger partial charge in [-0.05, 0) is 36.8 Å². The molecule has 0 bridgehead atoms. The molecule has 4 N–H and O–H groups in total. The molecule has 1 aromatic heterocycles. The molecule has 0 fully saturated rings. The maximum absolute atomic E-state index is 11.4. The summed E-state index contributed by atoms with van der Waals surface area (Å²) in [4.78, 5) is 22.1. The highest BCUT2D eigenvalue weighted by atomic mass is 16.6. The summed E-state index contributed by atoms with van der Waals surface area (Å²) < 4.78 is 0. The summed E-state index contributed by atoms with van der Waals surface area (Å²) >= 11 is 0. The van der Waals surface area contributed by atoms with Crippen LogP contribution in [0.3, 0.4) is 0 Å². The molecule has 8 nitrogen and oxygen atoms in total. The second-order valence-corrected chi connectivity index (χ2v) is 5.10. The normalized spacial score (nSPS) is 10.7. The highest BCUT2D eigenvalue weighted by Gasteiger charge is 2.15. The Morgan fingerprint density at radius 2 is 2.09 bits per heavy atom. The van der Waals surface area contributed by atoms with Crippen molar-refractivity contribution in [3.63, 3.8) is 0 Å². The maximum Gasteiger partial charge on any atom is 0.292 e. The van der Waals surface area contributed by atoms with Crippen molar-refractivity contribution in [1.82, 2.24) is 10.2 Å². The monoisotopic (exact) mass is 311 g/mol. The molecule has 3 aromatic rings. The zero-order valence-corrected chi connectivity index (χ0v) is 12.2. The number of nitrogens with one attached hydrogen (secondary N) is 2. The number of primary amides is 1. The zero-order chi connectivity index (χ0) is 16.6. The van der Waals surface area contributed by atoms with Gasteiger partial charge in [-0.15, -0.1) is 0 Å². The third-order valence-electron chi connectivity index (χ3n) is 3.43. The molecule has 1 amide bonds. The summed E-state index contributed by atoms with van der Waals surface area (Å²) in [6.45, 7) is 1.79. The van der Waals surface area contributed by atoms with E-state index in [1.807, 2.05) is 0 Å². The minimum Gasteiger partial charge on any atom is -0.364 e. The molecule has 0 unspecified atom stereocenters. The molecule has 116 valence electrons. The number of anilines is 2. The molecule has 0 saturated carbocycles. The smallest absolute Gasteiger partial charge is 0.292 e. The molecule has 1 heterocycles. The molecular formula is C15H13N5O3. The van der Waals surface area contributed by atoms with Crippen LogP contribution in [0.5, 0.6) is 0 Å². The number of hydrogen-bond acceptors (Lipinski definition) is 5. The average molecular weight is 311 g/mol. The van der Waals surface area contributed by atoms with E-state index in [1.54, 1.807) is 37.3 Å². The van der Waals surface area contributed by atoms with Crippen LogP contribution >= 0.6 is 0 Å². The predicted octanol–water partition coefficient (Wildman–Crippen LogP) is 2.62. The Labute approximate surface area is 130 Å². The van der Waals surface area contributed by atoms with Gasteiger partial charge in [0.15, 0.2) is 5.69 Å². The van der Waals surface area contributed by atoms with Gasteiger partial charge in [-0.1, -0.05) is 6.07 Å². The number of hydrogen-bond donors (Lipinski definition) is 3. The maximum atomic E-state index is 11.4. The number of nitrogens with two attached hydrogens (primary N) is 1. The number of nitro groups is 1.